The summed E-state index contributed by atoms with van der Waals surface area (Å²) in [6, 6.07) is 8.40. The highest BCUT2D eigenvalue weighted by Gasteiger charge is 1.99. The van der Waals surface area contributed by atoms with Crippen LogP contribution in [0.4, 0.5) is 5.95 Å². The quantitative estimate of drug-likeness (QED) is 0.479. The van der Waals surface area contributed by atoms with Crippen molar-refractivity contribution in [1.82, 2.24) is 9.66 Å². The Labute approximate surface area is 130 Å². The number of thioether (sulfide) groups is 1. The molecular weight excluding hydrogens is 280 g/mol. The highest BCUT2D eigenvalue weighted by Crippen LogP contribution is 2.20. The summed E-state index contributed by atoms with van der Waals surface area (Å²) in [5, 5.41) is 4.34. The molecule has 0 aliphatic heterocycles. The van der Waals surface area contributed by atoms with Crippen LogP contribution in [0, 0.1) is 6.92 Å². The van der Waals surface area contributed by atoms with Crippen molar-refractivity contribution in [1.29, 1.82) is 0 Å². The highest BCUT2D eigenvalue weighted by atomic mass is 32.2. The first-order chi connectivity index (χ1) is 10.2. The molecule has 1 heterocycles. The lowest BCUT2D eigenvalue weighted by molar-refractivity contribution is 0.778. The van der Waals surface area contributed by atoms with Gasteiger partial charge in [0.2, 0.25) is 5.95 Å². The second-order valence-electron chi connectivity index (χ2n) is 4.96. The van der Waals surface area contributed by atoms with Crippen molar-refractivity contribution in [3.8, 4) is 0 Å². The molecule has 0 fully saturated rings. The van der Waals surface area contributed by atoms with Gasteiger partial charge in [0.25, 0.3) is 0 Å². The number of hydrogen-bond acceptors (Lipinski definition) is 4. The van der Waals surface area contributed by atoms with Crippen LogP contribution in [0.2, 0.25) is 0 Å². The standard InChI is InChI=1S/C16H22N4S/c1-3-4-5-9-21-15-8-6-7-14(10-15)11-18-20-12-13(2)19-16(20)17/h6-8,10-12H,3-5,9H2,1-2H3,(H2,17,19). The highest BCUT2D eigenvalue weighted by molar-refractivity contribution is 7.99. The lowest BCUT2D eigenvalue weighted by Gasteiger charge is -2.02. The van der Waals surface area contributed by atoms with E-state index in [0.29, 0.717) is 5.95 Å². The molecule has 21 heavy (non-hydrogen) atoms. The Morgan fingerprint density at radius 3 is 2.95 bits per heavy atom. The number of nitrogens with two attached hydrogens (primary N) is 1. The summed E-state index contributed by atoms with van der Waals surface area (Å²) < 4.78 is 1.59. The molecule has 1 aromatic heterocycles. The Balaban J connectivity index is 1.99. The minimum atomic E-state index is 0.411. The first-order valence-corrected chi connectivity index (χ1v) is 8.26. The normalized spacial score (nSPS) is 11.3. The van der Waals surface area contributed by atoms with Crippen molar-refractivity contribution < 1.29 is 0 Å². The van der Waals surface area contributed by atoms with Gasteiger partial charge in [-0.05, 0) is 36.8 Å². The molecule has 2 aromatic rings. The fourth-order valence-electron chi connectivity index (χ4n) is 1.95. The maximum Gasteiger partial charge on any atom is 0.221 e. The Morgan fingerprint density at radius 2 is 2.24 bits per heavy atom. The van der Waals surface area contributed by atoms with Gasteiger partial charge < -0.3 is 5.73 Å². The van der Waals surface area contributed by atoms with Crippen LogP contribution in [-0.4, -0.2) is 21.6 Å². The first kappa shape index (κ1) is 15.6. The van der Waals surface area contributed by atoms with Crippen LogP contribution in [-0.2, 0) is 0 Å². The Hall–Kier alpha value is -1.75. The number of anilines is 1. The monoisotopic (exact) mass is 302 g/mol. The van der Waals surface area contributed by atoms with E-state index in [1.165, 1.54) is 29.9 Å². The minimum Gasteiger partial charge on any atom is -0.368 e. The first-order valence-electron chi connectivity index (χ1n) is 7.27. The molecule has 0 aliphatic rings. The van der Waals surface area contributed by atoms with Gasteiger partial charge in [-0.3, -0.25) is 0 Å². The molecule has 0 saturated carbocycles. The molecule has 0 bridgehead atoms. The molecule has 0 spiro atoms. The van der Waals surface area contributed by atoms with Crippen molar-refractivity contribution in [3.63, 3.8) is 0 Å². The Kier molecular flexibility index (Phi) is 5.87. The summed E-state index contributed by atoms with van der Waals surface area (Å²) in [5.41, 5.74) is 7.70. The van der Waals surface area contributed by atoms with E-state index in [4.69, 9.17) is 5.73 Å². The number of hydrogen-bond donors (Lipinski definition) is 1. The SMILES string of the molecule is CCCCCSc1cccc(C=Nn2cc(C)nc2N)c1. The van der Waals surface area contributed by atoms with Crippen molar-refractivity contribution >= 4 is 23.9 Å². The molecule has 112 valence electrons. The summed E-state index contributed by atoms with van der Waals surface area (Å²) in [5.74, 6) is 1.58. The molecule has 1 aromatic carbocycles. The van der Waals surface area contributed by atoms with Crippen molar-refractivity contribution in [2.45, 2.75) is 38.0 Å². The van der Waals surface area contributed by atoms with Gasteiger partial charge in [0.1, 0.15) is 0 Å². The second-order valence-corrected chi connectivity index (χ2v) is 6.13. The molecule has 0 unspecified atom stereocenters. The number of aryl methyl sites for hydroxylation is 1. The van der Waals surface area contributed by atoms with Gasteiger partial charge in [0.05, 0.1) is 18.1 Å². The molecular formula is C16H22N4S. The molecule has 2 rings (SSSR count). The summed E-state index contributed by atoms with van der Waals surface area (Å²) in [6.07, 6.45) is 7.46. The van der Waals surface area contributed by atoms with Gasteiger partial charge in [-0.2, -0.15) is 5.10 Å². The van der Waals surface area contributed by atoms with E-state index >= 15 is 0 Å². The molecule has 0 radical (unpaired) electrons. The number of imidazole rings is 1. The summed E-state index contributed by atoms with van der Waals surface area (Å²) in [4.78, 5) is 5.40. The third-order valence-corrected chi connectivity index (χ3v) is 4.12. The van der Waals surface area contributed by atoms with E-state index in [1.807, 2.05) is 37.2 Å². The maximum absolute atomic E-state index is 5.76. The molecule has 0 atom stereocenters. The van der Waals surface area contributed by atoms with E-state index < -0.39 is 0 Å². The predicted molar refractivity (Wildman–Crippen MR) is 91.1 cm³/mol. The van der Waals surface area contributed by atoms with Crippen LogP contribution >= 0.6 is 11.8 Å². The van der Waals surface area contributed by atoms with Gasteiger partial charge >= 0.3 is 0 Å². The van der Waals surface area contributed by atoms with Crippen LogP contribution in [0.3, 0.4) is 0 Å². The van der Waals surface area contributed by atoms with Gasteiger partial charge in [0.15, 0.2) is 0 Å². The number of unbranched alkanes of at least 4 members (excludes halogenated alkanes) is 2. The molecule has 2 N–H and O–H groups in total. The maximum atomic E-state index is 5.76. The van der Waals surface area contributed by atoms with Crippen molar-refractivity contribution in [2.24, 2.45) is 5.10 Å². The van der Waals surface area contributed by atoms with E-state index in [-0.39, 0.29) is 0 Å². The van der Waals surface area contributed by atoms with E-state index in [2.05, 4.69) is 35.2 Å². The smallest absolute Gasteiger partial charge is 0.221 e. The third-order valence-electron chi connectivity index (χ3n) is 3.04. The minimum absolute atomic E-state index is 0.411. The zero-order valence-corrected chi connectivity index (χ0v) is 13.4. The average Bonchev–Trinajstić information content (AvgIpc) is 2.80. The fraction of sp³-hybridized carbons (Fsp3) is 0.375. The van der Waals surface area contributed by atoms with Crippen LogP contribution in [0.25, 0.3) is 0 Å². The Bertz CT molecular complexity index is 604. The molecule has 0 saturated heterocycles. The second kappa shape index (κ2) is 7.88. The van der Waals surface area contributed by atoms with Crippen LogP contribution in [0.5, 0.6) is 0 Å². The molecule has 4 nitrogen and oxygen atoms in total. The lowest BCUT2D eigenvalue weighted by Crippen LogP contribution is -1.97. The average molecular weight is 302 g/mol. The number of rotatable bonds is 7. The third kappa shape index (κ3) is 4.93. The zero-order valence-electron chi connectivity index (χ0n) is 12.6. The lowest BCUT2D eigenvalue weighted by atomic mass is 10.2. The fourth-order valence-corrected chi connectivity index (χ4v) is 2.93. The molecule has 0 amide bonds. The molecule has 0 aliphatic carbocycles. The molecule has 5 heteroatoms. The van der Waals surface area contributed by atoms with Gasteiger partial charge in [-0.25, -0.2) is 9.66 Å². The summed E-state index contributed by atoms with van der Waals surface area (Å²) in [6.45, 7) is 4.13. The topological polar surface area (TPSA) is 56.2 Å². The van der Waals surface area contributed by atoms with E-state index in [0.717, 1.165) is 11.3 Å². The van der Waals surface area contributed by atoms with Crippen LogP contribution < -0.4 is 5.73 Å². The summed E-state index contributed by atoms with van der Waals surface area (Å²) in [7, 11) is 0. The van der Waals surface area contributed by atoms with E-state index in [1.54, 1.807) is 4.68 Å². The van der Waals surface area contributed by atoms with Crippen molar-refractivity contribution in [3.05, 3.63) is 41.7 Å². The van der Waals surface area contributed by atoms with Crippen LogP contribution in [0.15, 0.2) is 40.5 Å². The van der Waals surface area contributed by atoms with Gasteiger partial charge in [-0.1, -0.05) is 31.9 Å². The van der Waals surface area contributed by atoms with Crippen molar-refractivity contribution in [2.75, 3.05) is 11.5 Å². The van der Waals surface area contributed by atoms with Gasteiger partial charge in [-0.15, -0.1) is 11.8 Å². The number of nitrogens with zero attached hydrogens (tertiary/aromatic N) is 3. The number of benzene rings is 1. The zero-order chi connectivity index (χ0) is 15.1. The largest absolute Gasteiger partial charge is 0.368 e. The number of nitrogen functional groups attached to an aromatic ring is 1. The number of aromatic nitrogens is 2. The van der Waals surface area contributed by atoms with Crippen LogP contribution in [0.1, 0.15) is 37.4 Å². The van der Waals surface area contributed by atoms with E-state index in [9.17, 15) is 0 Å². The Morgan fingerprint density at radius 1 is 1.38 bits per heavy atom. The summed E-state index contributed by atoms with van der Waals surface area (Å²) >= 11 is 1.90. The predicted octanol–water partition coefficient (Wildman–Crippen LogP) is 3.94. The van der Waals surface area contributed by atoms with Gasteiger partial charge in [0, 0.05) is 4.90 Å².